The van der Waals surface area contributed by atoms with Gasteiger partial charge in [0.05, 0.1) is 15.9 Å². The van der Waals surface area contributed by atoms with Gasteiger partial charge >= 0.3 is 0 Å². The van der Waals surface area contributed by atoms with Gasteiger partial charge in [0, 0.05) is 13.0 Å². The number of rotatable bonds is 4. The molecule has 1 heterocycles. The van der Waals surface area contributed by atoms with E-state index in [9.17, 15) is 4.79 Å². The Morgan fingerprint density at radius 2 is 2.14 bits per heavy atom. The Morgan fingerprint density at radius 3 is 2.57 bits per heavy atom. The van der Waals surface area contributed by atoms with Crippen molar-refractivity contribution in [1.82, 2.24) is 9.78 Å². The van der Waals surface area contributed by atoms with Crippen LogP contribution in [0.25, 0.3) is 0 Å². The number of hydrogen-bond acceptors (Lipinski definition) is 2. The van der Waals surface area contributed by atoms with E-state index in [0.29, 0.717) is 6.42 Å². The third-order valence-electron chi connectivity index (χ3n) is 2.11. The molecule has 0 aromatic carbocycles. The highest BCUT2D eigenvalue weighted by Crippen LogP contribution is 2.22. The van der Waals surface area contributed by atoms with Crippen molar-refractivity contribution in [2.45, 2.75) is 40.2 Å². The second kappa shape index (κ2) is 4.73. The first-order valence-corrected chi connectivity index (χ1v) is 5.62. The number of carbonyl (C=O) groups excluding carboxylic acids is 1. The predicted octanol–water partition coefficient (Wildman–Crippen LogP) is 2.36. The fourth-order valence-corrected chi connectivity index (χ4v) is 2.13. The van der Waals surface area contributed by atoms with Crippen LogP contribution in [0.15, 0.2) is 4.47 Å². The summed E-state index contributed by atoms with van der Waals surface area (Å²) < 4.78 is 2.89. The topological polar surface area (TPSA) is 34.9 Å². The molecule has 0 aliphatic carbocycles. The van der Waals surface area contributed by atoms with E-state index in [4.69, 9.17) is 0 Å². The molecule has 0 bridgehead atoms. The second-order valence-corrected chi connectivity index (χ2v) is 4.05. The smallest absolute Gasteiger partial charge is 0.135 e. The van der Waals surface area contributed by atoms with Crippen molar-refractivity contribution in [2.75, 3.05) is 0 Å². The van der Waals surface area contributed by atoms with Gasteiger partial charge in [-0.05, 0) is 36.2 Å². The van der Waals surface area contributed by atoms with Crippen LogP contribution in [-0.2, 0) is 24.2 Å². The molecule has 0 saturated carbocycles. The van der Waals surface area contributed by atoms with Crippen molar-refractivity contribution in [3.05, 3.63) is 15.9 Å². The summed E-state index contributed by atoms with van der Waals surface area (Å²) in [7, 11) is 0. The number of hydrogen-bond donors (Lipinski definition) is 0. The molecule has 1 aromatic heterocycles. The monoisotopic (exact) mass is 258 g/mol. The molecule has 0 N–H and O–H groups in total. The first-order chi connectivity index (χ1) is 6.60. The number of aromatic nitrogens is 2. The summed E-state index contributed by atoms with van der Waals surface area (Å²) in [5.41, 5.74) is 2.03. The average molecular weight is 259 g/mol. The molecule has 0 amide bonds. The number of halogens is 1. The molecule has 0 fully saturated rings. The van der Waals surface area contributed by atoms with Gasteiger partial charge in [0.1, 0.15) is 5.78 Å². The van der Waals surface area contributed by atoms with E-state index in [2.05, 4.69) is 28.0 Å². The van der Waals surface area contributed by atoms with Gasteiger partial charge in [-0.25, -0.2) is 0 Å². The third kappa shape index (κ3) is 2.23. The Kier molecular flexibility index (Phi) is 3.86. The Morgan fingerprint density at radius 1 is 1.50 bits per heavy atom. The van der Waals surface area contributed by atoms with E-state index in [1.54, 1.807) is 6.92 Å². The van der Waals surface area contributed by atoms with Crippen molar-refractivity contribution in [1.29, 1.82) is 0 Å². The normalized spacial score (nSPS) is 10.6. The number of Topliss-reactive ketones (excluding diaryl/α,β-unsaturated/α-hetero) is 1. The molecule has 0 unspecified atom stereocenters. The lowest BCUT2D eigenvalue weighted by Crippen LogP contribution is -2.07. The number of carbonyl (C=O) groups is 1. The van der Waals surface area contributed by atoms with Gasteiger partial charge < -0.3 is 0 Å². The lowest BCUT2D eigenvalue weighted by molar-refractivity contribution is -0.116. The summed E-state index contributed by atoms with van der Waals surface area (Å²) in [5.74, 6) is 0.169. The molecular formula is C10H15BrN2O. The molecule has 0 radical (unpaired) electrons. The van der Waals surface area contributed by atoms with Crippen molar-refractivity contribution in [3.63, 3.8) is 0 Å². The standard InChI is InChI=1S/C10H15BrN2O/c1-4-8-10(11)9(6-7(3)14)13(5-2)12-8/h4-6H2,1-3H3. The van der Waals surface area contributed by atoms with Crippen molar-refractivity contribution in [2.24, 2.45) is 0 Å². The molecule has 0 spiro atoms. The van der Waals surface area contributed by atoms with Gasteiger partial charge in [0.2, 0.25) is 0 Å². The van der Waals surface area contributed by atoms with Crippen LogP contribution in [-0.4, -0.2) is 15.6 Å². The van der Waals surface area contributed by atoms with E-state index in [1.807, 2.05) is 11.6 Å². The first-order valence-electron chi connectivity index (χ1n) is 4.83. The van der Waals surface area contributed by atoms with Gasteiger partial charge in [-0.3, -0.25) is 9.48 Å². The minimum Gasteiger partial charge on any atom is -0.300 e. The largest absolute Gasteiger partial charge is 0.300 e. The van der Waals surface area contributed by atoms with E-state index >= 15 is 0 Å². The summed E-state index contributed by atoms with van der Waals surface area (Å²) in [6, 6.07) is 0. The summed E-state index contributed by atoms with van der Waals surface area (Å²) >= 11 is 3.50. The molecular weight excluding hydrogens is 244 g/mol. The molecule has 14 heavy (non-hydrogen) atoms. The van der Waals surface area contributed by atoms with E-state index in [-0.39, 0.29) is 5.78 Å². The lowest BCUT2D eigenvalue weighted by atomic mass is 10.2. The van der Waals surface area contributed by atoms with Gasteiger partial charge in [-0.1, -0.05) is 6.92 Å². The second-order valence-electron chi connectivity index (χ2n) is 3.26. The van der Waals surface area contributed by atoms with Gasteiger partial charge in [-0.15, -0.1) is 0 Å². The average Bonchev–Trinajstić information content (AvgIpc) is 2.43. The molecule has 3 nitrogen and oxygen atoms in total. The number of nitrogens with zero attached hydrogens (tertiary/aromatic N) is 2. The van der Waals surface area contributed by atoms with Crippen LogP contribution in [0, 0.1) is 0 Å². The van der Waals surface area contributed by atoms with Gasteiger partial charge in [0.25, 0.3) is 0 Å². The van der Waals surface area contributed by atoms with Crippen LogP contribution >= 0.6 is 15.9 Å². The lowest BCUT2D eigenvalue weighted by Gasteiger charge is -2.02. The van der Waals surface area contributed by atoms with Crippen LogP contribution in [0.4, 0.5) is 0 Å². The predicted molar refractivity (Wildman–Crippen MR) is 59.4 cm³/mol. The molecule has 0 aliphatic rings. The highest BCUT2D eigenvalue weighted by atomic mass is 79.9. The summed E-state index contributed by atoms with van der Waals surface area (Å²) in [5, 5.41) is 4.42. The fraction of sp³-hybridized carbons (Fsp3) is 0.600. The maximum atomic E-state index is 11.1. The highest BCUT2D eigenvalue weighted by molar-refractivity contribution is 9.10. The maximum Gasteiger partial charge on any atom is 0.135 e. The maximum absolute atomic E-state index is 11.1. The van der Waals surface area contributed by atoms with Crippen LogP contribution < -0.4 is 0 Å². The van der Waals surface area contributed by atoms with E-state index in [0.717, 1.165) is 28.8 Å². The van der Waals surface area contributed by atoms with Crippen molar-refractivity contribution >= 4 is 21.7 Å². The Hall–Kier alpha value is -0.640. The Bertz CT molecular complexity index is 344. The SMILES string of the molecule is CCc1nn(CC)c(CC(C)=O)c1Br. The third-order valence-corrected chi connectivity index (χ3v) is 3.03. The molecule has 0 saturated heterocycles. The van der Waals surface area contributed by atoms with Crippen LogP contribution in [0.1, 0.15) is 32.2 Å². The highest BCUT2D eigenvalue weighted by Gasteiger charge is 2.14. The summed E-state index contributed by atoms with van der Waals surface area (Å²) in [4.78, 5) is 11.1. The molecule has 0 atom stereocenters. The van der Waals surface area contributed by atoms with Crippen molar-refractivity contribution < 1.29 is 4.79 Å². The number of ketones is 1. The van der Waals surface area contributed by atoms with Crippen LogP contribution in [0.2, 0.25) is 0 Å². The molecule has 4 heteroatoms. The summed E-state index contributed by atoms with van der Waals surface area (Å²) in [6.07, 6.45) is 1.35. The molecule has 0 aliphatic heterocycles. The number of aryl methyl sites for hydroxylation is 2. The van der Waals surface area contributed by atoms with Crippen molar-refractivity contribution in [3.8, 4) is 0 Å². The fourth-order valence-electron chi connectivity index (χ4n) is 1.42. The molecule has 78 valence electrons. The minimum absolute atomic E-state index is 0.169. The Labute approximate surface area is 92.6 Å². The van der Waals surface area contributed by atoms with E-state index < -0.39 is 0 Å². The zero-order chi connectivity index (χ0) is 10.7. The van der Waals surface area contributed by atoms with Crippen LogP contribution in [0.5, 0.6) is 0 Å². The minimum atomic E-state index is 0.169. The first kappa shape index (κ1) is 11.4. The molecule has 1 rings (SSSR count). The van der Waals surface area contributed by atoms with Gasteiger partial charge in [-0.2, -0.15) is 5.10 Å². The van der Waals surface area contributed by atoms with E-state index in [1.165, 1.54) is 0 Å². The van der Waals surface area contributed by atoms with Crippen LogP contribution in [0.3, 0.4) is 0 Å². The Balaban J connectivity index is 3.10. The zero-order valence-electron chi connectivity index (χ0n) is 8.80. The van der Waals surface area contributed by atoms with Gasteiger partial charge in [0.15, 0.2) is 0 Å². The summed E-state index contributed by atoms with van der Waals surface area (Å²) in [6.45, 7) is 6.50. The molecule has 1 aromatic rings. The zero-order valence-corrected chi connectivity index (χ0v) is 10.4. The quantitative estimate of drug-likeness (QED) is 0.831.